The molecule has 10 nitrogen and oxygen atoms in total. The van der Waals surface area contributed by atoms with Crippen molar-refractivity contribution < 1.29 is 24.1 Å². The maximum atomic E-state index is 12.5. The first-order valence-corrected chi connectivity index (χ1v) is 12.7. The van der Waals surface area contributed by atoms with Crippen molar-refractivity contribution in [3.8, 4) is 40.1 Å². The molecule has 1 aromatic heterocycles. The lowest BCUT2D eigenvalue weighted by Crippen LogP contribution is -2.20. The van der Waals surface area contributed by atoms with Crippen LogP contribution in [0, 0.1) is 0 Å². The van der Waals surface area contributed by atoms with Crippen LogP contribution in [0.5, 0.6) is 23.0 Å². The average molecular weight is 534 g/mol. The molecule has 0 radical (unpaired) electrons. The first-order valence-electron chi connectivity index (χ1n) is 11.7. The molecule has 0 fully saturated rings. The zero-order valence-electron chi connectivity index (χ0n) is 21.1. The highest BCUT2D eigenvalue weighted by molar-refractivity contribution is 7.99. The number of nitrogens with zero attached hydrogens (tertiary/aromatic N) is 4. The number of hydrogen-bond acceptors (Lipinski definition) is 9. The predicted molar refractivity (Wildman–Crippen MR) is 146 cm³/mol. The highest BCUT2D eigenvalue weighted by Gasteiger charge is 2.17. The Balaban J connectivity index is 1.49. The van der Waals surface area contributed by atoms with Crippen molar-refractivity contribution in [1.82, 2.24) is 20.2 Å². The molecule has 1 heterocycles. The van der Waals surface area contributed by atoms with Gasteiger partial charge in [0.1, 0.15) is 11.5 Å². The molecule has 0 saturated carbocycles. The van der Waals surface area contributed by atoms with Gasteiger partial charge in [-0.3, -0.25) is 9.36 Å². The van der Waals surface area contributed by atoms with Gasteiger partial charge in [0, 0.05) is 11.3 Å². The van der Waals surface area contributed by atoms with E-state index in [1.807, 2.05) is 60.0 Å². The van der Waals surface area contributed by atoms with Crippen molar-refractivity contribution >= 4 is 23.9 Å². The fourth-order valence-corrected chi connectivity index (χ4v) is 4.22. The SMILES string of the molecule is CCOc1cc(C=NNC(=O)CSc2nnc(-c3ccc(OC)cc3)n2-c2ccc(OC)cc2)ccc1O. The van der Waals surface area contributed by atoms with E-state index in [1.54, 1.807) is 26.4 Å². The van der Waals surface area contributed by atoms with Crippen LogP contribution in [0.15, 0.2) is 77.0 Å². The summed E-state index contributed by atoms with van der Waals surface area (Å²) in [7, 11) is 3.22. The molecule has 0 unspecified atom stereocenters. The second kappa shape index (κ2) is 12.6. The van der Waals surface area contributed by atoms with Crippen LogP contribution in [0.1, 0.15) is 12.5 Å². The molecule has 38 heavy (non-hydrogen) atoms. The third-order valence-corrected chi connectivity index (χ3v) is 6.26. The number of amides is 1. The minimum Gasteiger partial charge on any atom is -0.504 e. The topological polar surface area (TPSA) is 120 Å². The molecule has 0 atom stereocenters. The van der Waals surface area contributed by atoms with Crippen molar-refractivity contribution in [2.75, 3.05) is 26.6 Å². The van der Waals surface area contributed by atoms with Gasteiger partial charge in [-0.2, -0.15) is 5.10 Å². The first kappa shape index (κ1) is 26.6. The minimum atomic E-state index is -0.315. The predicted octanol–water partition coefficient (Wildman–Crippen LogP) is 4.30. The normalized spacial score (nSPS) is 10.9. The van der Waals surface area contributed by atoms with Crippen LogP contribution in [0.25, 0.3) is 17.1 Å². The summed E-state index contributed by atoms with van der Waals surface area (Å²) >= 11 is 1.23. The maximum absolute atomic E-state index is 12.5. The van der Waals surface area contributed by atoms with Crippen LogP contribution in [0.2, 0.25) is 0 Å². The van der Waals surface area contributed by atoms with Crippen LogP contribution in [0.3, 0.4) is 0 Å². The Morgan fingerprint density at radius 3 is 2.37 bits per heavy atom. The van der Waals surface area contributed by atoms with E-state index in [2.05, 4.69) is 20.7 Å². The Hall–Kier alpha value is -4.51. The number of carbonyl (C=O) groups excluding carboxylic acids is 1. The monoisotopic (exact) mass is 533 g/mol. The van der Waals surface area contributed by atoms with Gasteiger partial charge in [-0.15, -0.1) is 10.2 Å². The van der Waals surface area contributed by atoms with Crippen LogP contribution in [-0.4, -0.2) is 58.6 Å². The zero-order valence-corrected chi connectivity index (χ0v) is 21.9. The summed E-state index contributed by atoms with van der Waals surface area (Å²) in [6, 6.07) is 19.8. The Bertz CT molecular complexity index is 1400. The van der Waals surface area contributed by atoms with E-state index < -0.39 is 0 Å². The Morgan fingerprint density at radius 1 is 1.03 bits per heavy atom. The lowest BCUT2D eigenvalue weighted by Gasteiger charge is -2.11. The zero-order chi connectivity index (χ0) is 26.9. The molecule has 0 bridgehead atoms. The summed E-state index contributed by atoms with van der Waals surface area (Å²) in [5.41, 5.74) is 4.84. The molecule has 2 N–H and O–H groups in total. The van der Waals surface area contributed by atoms with Gasteiger partial charge >= 0.3 is 0 Å². The highest BCUT2D eigenvalue weighted by atomic mass is 32.2. The smallest absolute Gasteiger partial charge is 0.250 e. The average Bonchev–Trinajstić information content (AvgIpc) is 3.37. The largest absolute Gasteiger partial charge is 0.504 e. The van der Waals surface area contributed by atoms with Crippen molar-refractivity contribution in [1.29, 1.82) is 0 Å². The molecule has 3 aromatic carbocycles. The van der Waals surface area contributed by atoms with Gasteiger partial charge in [-0.1, -0.05) is 11.8 Å². The van der Waals surface area contributed by atoms with E-state index in [9.17, 15) is 9.90 Å². The van der Waals surface area contributed by atoms with Crippen LogP contribution in [0.4, 0.5) is 0 Å². The second-order valence-electron chi connectivity index (χ2n) is 7.81. The quantitative estimate of drug-likeness (QED) is 0.166. The van der Waals surface area contributed by atoms with Crippen LogP contribution >= 0.6 is 11.8 Å². The summed E-state index contributed by atoms with van der Waals surface area (Å²) in [6.45, 7) is 2.25. The minimum absolute atomic E-state index is 0.0411. The lowest BCUT2D eigenvalue weighted by atomic mass is 10.2. The van der Waals surface area contributed by atoms with Gasteiger partial charge in [0.25, 0.3) is 5.91 Å². The number of ether oxygens (including phenoxy) is 3. The molecule has 4 aromatic rings. The number of rotatable bonds is 11. The maximum Gasteiger partial charge on any atom is 0.250 e. The second-order valence-corrected chi connectivity index (χ2v) is 8.75. The van der Waals surface area contributed by atoms with E-state index in [0.717, 1.165) is 22.7 Å². The van der Waals surface area contributed by atoms with Crippen molar-refractivity contribution in [3.63, 3.8) is 0 Å². The third-order valence-electron chi connectivity index (χ3n) is 5.33. The number of benzene rings is 3. The van der Waals surface area contributed by atoms with E-state index in [1.165, 1.54) is 24.0 Å². The number of carbonyl (C=O) groups is 1. The van der Waals surface area contributed by atoms with E-state index in [-0.39, 0.29) is 17.4 Å². The lowest BCUT2D eigenvalue weighted by molar-refractivity contribution is -0.118. The molecule has 196 valence electrons. The summed E-state index contributed by atoms with van der Waals surface area (Å²) in [6.07, 6.45) is 1.48. The van der Waals surface area contributed by atoms with Gasteiger partial charge < -0.3 is 19.3 Å². The number of aromatic nitrogens is 3. The van der Waals surface area contributed by atoms with Crippen molar-refractivity contribution in [2.24, 2.45) is 5.10 Å². The molecular weight excluding hydrogens is 506 g/mol. The molecular formula is C27H27N5O5S. The fourth-order valence-electron chi connectivity index (χ4n) is 3.48. The number of aromatic hydroxyl groups is 1. The van der Waals surface area contributed by atoms with Gasteiger partial charge in [-0.05, 0) is 79.2 Å². The third kappa shape index (κ3) is 6.43. The molecule has 0 aliphatic carbocycles. The Morgan fingerprint density at radius 2 is 1.71 bits per heavy atom. The number of phenols is 1. The summed E-state index contributed by atoms with van der Waals surface area (Å²) in [5.74, 6) is 2.22. The molecule has 0 aliphatic heterocycles. The Labute approximate surface area is 224 Å². The molecule has 1 amide bonds. The standard InChI is InChI=1S/C27H27N5O5S/c1-4-37-24-15-18(5-14-23(24)33)16-28-29-25(34)17-38-27-31-30-26(19-6-10-21(35-2)11-7-19)32(27)20-8-12-22(36-3)13-9-20/h5-16,33H,4,17H2,1-3H3,(H,29,34). The van der Waals surface area contributed by atoms with Crippen molar-refractivity contribution in [3.05, 3.63) is 72.3 Å². The highest BCUT2D eigenvalue weighted by Crippen LogP contribution is 2.30. The summed E-state index contributed by atoms with van der Waals surface area (Å²) in [4.78, 5) is 12.5. The van der Waals surface area contributed by atoms with Gasteiger partial charge in [0.15, 0.2) is 22.5 Å². The number of methoxy groups -OCH3 is 2. The molecule has 0 saturated heterocycles. The number of hydrazone groups is 1. The van der Waals surface area contributed by atoms with Crippen LogP contribution < -0.4 is 19.6 Å². The van der Waals surface area contributed by atoms with Gasteiger partial charge in [0.05, 0.1) is 32.8 Å². The molecule has 4 rings (SSSR count). The first-order chi connectivity index (χ1) is 18.5. The molecule has 0 aliphatic rings. The van der Waals surface area contributed by atoms with Gasteiger partial charge in [0.2, 0.25) is 0 Å². The van der Waals surface area contributed by atoms with Crippen molar-refractivity contribution in [2.45, 2.75) is 12.1 Å². The van der Waals surface area contributed by atoms with E-state index in [0.29, 0.717) is 28.9 Å². The number of hydrogen-bond donors (Lipinski definition) is 2. The van der Waals surface area contributed by atoms with Crippen LogP contribution in [-0.2, 0) is 4.79 Å². The number of phenolic OH excluding ortho intramolecular Hbond substituents is 1. The number of thioether (sulfide) groups is 1. The Kier molecular flexibility index (Phi) is 8.83. The fraction of sp³-hybridized carbons (Fsp3) is 0.185. The summed E-state index contributed by atoms with van der Waals surface area (Å²) < 4.78 is 17.8. The van der Waals surface area contributed by atoms with E-state index in [4.69, 9.17) is 14.2 Å². The van der Waals surface area contributed by atoms with E-state index >= 15 is 0 Å². The summed E-state index contributed by atoms with van der Waals surface area (Å²) in [5, 5.41) is 23.1. The molecule has 11 heteroatoms. The van der Waals surface area contributed by atoms with Gasteiger partial charge in [-0.25, -0.2) is 5.43 Å². The molecule has 0 spiro atoms. The number of nitrogens with one attached hydrogen (secondary N) is 1.